The van der Waals surface area contributed by atoms with Crippen molar-refractivity contribution in [1.82, 2.24) is 4.90 Å². The van der Waals surface area contributed by atoms with Gasteiger partial charge in [-0.2, -0.15) is 0 Å². The summed E-state index contributed by atoms with van der Waals surface area (Å²) in [4.78, 5) is 13.4. The molecule has 0 aliphatic carbocycles. The third-order valence-corrected chi connectivity index (χ3v) is 7.16. The molecule has 6 heteroatoms. The lowest BCUT2D eigenvalue weighted by molar-refractivity contribution is -0.141. The zero-order valence-electron chi connectivity index (χ0n) is 15.9. The monoisotopic (exact) mass is 403 g/mol. The van der Waals surface area contributed by atoms with E-state index in [1.54, 1.807) is 24.3 Å². The number of rotatable bonds is 10. The summed E-state index contributed by atoms with van der Waals surface area (Å²) in [5.41, 5.74) is 1.87. The number of carbonyl (C=O) groups is 1. The van der Waals surface area contributed by atoms with Crippen LogP contribution in [-0.2, 0) is 26.8 Å². The van der Waals surface area contributed by atoms with Crippen LogP contribution in [-0.4, -0.2) is 31.1 Å². The molecule has 1 heterocycles. The maximum atomic E-state index is 12.9. The molecular formula is C22H26FNO3S. The van der Waals surface area contributed by atoms with Crippen LogP contribution in [0.3, 0.4) is 0 Å². The molecule has 1 unspecified atom stereocenters. The van der Waals surface area contributed by atoms with Crippen LogP contribution in [0.1, 0.15) is 43.2 Å². The largest absolute Gasteiger partial charge is 0.325 e. The lowest BCUT2D eigenvalue weighted by atomic mass is 10.1. The number of hydrogen-bond acceptors (Lipinski definition) is 3. The predicted octanol–water partition coefficient (Wildman–Crippen LogP) is 4.10. The number of carbonyl (C=O) groups excluding carboxylic acids is 1. The average molecular weight is 404 g/mol. The van der Waals surface area contributed by atoms with Gasteiger partial charge in [0.15, 0.2) is 9.84 Å². The van der Waals surface area contributed by atoms with E-state index in [9.17, 15) is 17.6 Å². The highest BCUT2D eigenvalue weighted by Gasteiger charge is 2.44. The van der Waals surface area contributed by atoms with Crippen molar-refractivity contribution in [2.24, 2.45) is 0 Å². The van der Waals surface area contributed by atoms with E-state index in [-0.39, 0.29) is 23.9 Å². The summed E-state index contributed by atoms with van der Waals surface area (Å²) in [6, 6.07) is 15.6. The van der Waals surface area contributed by atoms with Crippen LogP contribution in [0.4, 0.5) is 4.39 Å². The first-order chi connectivity index (χ1) is 13.5. The number of β-lactam (4-membered cyclic amide) rings is 1. The zero-order chi connectivity index (χ0) is 20.0. The molecule has 28 heavy (non-hydrogen) atoms. The zero-order valence-corrected chi connectivity index (χ0v) is 16.7. The van der Waals surface area contributed by atoms with Crippen molar-refractivity contribution in [1.29, 1.82) is 0 Å². The van der Waals surface area contributed by atoms with E-state index in [0.29, 0.717) is 6.54 Å². The maximum Gasteiger partial charge on any atom is 0.226 e. The van der Waals surface area contributed by atoms with E-state index >= 15 is 0 Å². The van der Waals surface area contributed by atoms with E-state index in [2.05, 4.69) is 0 Å². The van der Waals surface area contributed by atoms with Crippen LogP contribution in [0.25, 0.3) is 0 Å². The topological polar surface area (TPSA) is 54.5 Å². The van der Waals surface area contributed by atoms with Crippen molar-refractivity contribution >= 4 is 15.7 Å². The second kappa shape index (κ2) is 9.32. The Labute approximate surface area is 166 Å². The van der Waals surface area contributed by atoms with Gasteiger partial charge < -0.3 is 4.90 Å². The quantitative estimate of drug-likeness (QED) is 0.443. The summed E-state index contributed by atoms with van der Waals surface area (Å²) in [5.74, 6) is -0.326. The van der Waals surface area contributed by atoms with Gasteiger partial charge in [-0.05, 0) is 42.5 Å². The molecular weight excluding hydrogens is 377 g/mol. The summed E-state index contributed by atoms with van der Waals surface area (Å²) in [6.07, 6.45) is 4.73. The molecule has 4 nitrogen and oxygen atoms in total. The van der Waals surface area contributed by atoms with E-state index in [0.717, 1.165) is 43.2 Å². The van der Waals surface area contributed by atoms with Gasteiger partial charge in [0.2, 0.25) is 5.91 Å². The number of amides is 1. The molecule has 1 atom stereocenters. The summed E-state index contributed by atoms with van der Waals surface area (Å²) in [6.45, 7) is 0.494. The van der Waals surface area contributed by atoms with Crippen molar-refractivity contribution in [2.75, 3.05) is 6.54 Å². The van der Waals surface area contributed by atoms with Crippen LogP contribution < -0.4 is 0 Å². The highest BCUT2D eigenvalue weighted by atomic mass is 32.2. The fourth-order valence-corrected chi connectivity index (χ4v) is 5.39. The fourth-order valence-electron chi connectivity index (χ4n) is 3.53. The molecule has 1 aliphatic heterocycles. The van der Waals surface area contributed by atoms with Gasteiger partial charge in [0.1, 0.15) is 11.2 Å². The Kier molecular flexibility index (Phi) is 6.83. The second-order valence-corrected chi connectivity index (χ2v) is 9.49. The Morgan fingerprint density at radius 2 is 1.57 bits per heavy atom. The van der Waals surface area contributed by atoms with Crippen molar-refractivity contribution in [3.05, 3.63) is 71.5 Å². The highest BCUT2D eigenvalue weighted by molar-refractivity contribution is 7.91. The van der Waals surface area contributed by atoms with Crippen molar-refractivity contribution in [3.63, 3.8) is 0 Å². The molecule has 0 spiro atoms. The van der Waals surface area contributed by atoms with Gasteiger partial charge in [-0.3, -0.25) is 4.79 Å². The molecule has 1 aliphatic rings. The molecule has 150 valence electrons. The summed E-state index contributed by atoms with van der Waals surface area (Å²) < 4.78 is 38.2. The standard InChI is InChI=1S/C22H26FNO3S/c23-20-13-11-18(12-14-20)8-4-1-2-7-15-24-21(25)16-22(24)28(26,27)17-19-9-5-3-6-10-19/h3,5-6,9-14,22H,1-2,4,7-8,15-17H2. The summed E-state index contributed by atoms with van der Waals surface area (Å²) in [7, 11) is -3.37. The Hall–Kier alpha value is -2.21. The third-order valence-electron chi connectivity index (χ3n) is 5.17. The minimum atomic E-state index is -3.37. The van der Waals surface area contributed by atoms with Gasteiger partial charge in [-0.25, -0.2) is 12.8 Å². The predicted molar refractivity (Wildman–Crippen MR) is 108 cm³/mol. The number of benzene rings is 2. The molecule has 0 bridgehead atoms. The van der Waals surface area contributed by atoms with Crippen LogP contribution in [0.5, 0.6) is 0 Å². The van der Waals surface area contributed by atoms with Gasteiger partial charge in [0, 0.05) is 6.54 Å². The van der Waals surface area contributed by atoms with Crippen LogP contribution in [0, 0.1) is 5.82 Å². The number of unbranched alkanes of at least 4 members (excludes halogenated alkanes) is 3. The summed E-state index contributed by atoms with van der Waals surface area (Å²) >= 11 is 0. The maximum absolute atomic E-state index is 12.9. The Bertz CT molecular complexity index is 882. The number of likely N-dealkylation sites (tertiary alicyclic amines) is 1. The van der Waals surface area contributed by atoms with Gasteiger partial charge >= 0.3 is 0 Å². The number of aryl methyl sites for hydroxylation is 1. The third kappa shape index (κ3) is 5.41. The molecule has 2 aromatic rings. The van der Waals surface area contributed by atoms with Crippen molar-refractivity contribution in [3.8, 4) is 0 Å². The lowest BCUT2D eigenvalue weighted by Crippen LogP contribution is -2.56. The second-order valence-electron chi connectivity index (χ2n) is 7.33. The van der Waals surface area contributed by atoms with Crippen LogP contribution >= 0.6 is 0 Å². The highest BCUT2D eigenvalue weighted by Crippen LogP contribution is 2.27. The van der Waals surface area contributed by atoms with E-state index in [4.69, 9.17) is 0 Å². The molecule has 1 saturated heterocycles. The van der Waals surface area contributed by atoms with Crippen LogP contribution in [0.15, 0.2) is 54.6 Å². The Balaban J connectivity index is 1.39. The SMILES string of the molecule is O=C1CC(S(=O)(=O)Cc2ccccc2)N1CCCCCCc1ccc(F)cc1. The van der Waals surface area contributed by atoms with Crippen molar-refractivity contribution in [2.45, 2.75) is 49.7 Å². The smallest absolute Gasteiger partial charge is 0.226 e. The van der Waals surface area contributed by atoms with Gasteiger partial charge in [-0.1, -0.05) is 55.3 Å². The first-order valence-electron chi connectivity index (χ1n) is 9.75. The van der Waals surface area contributed by atoms with E-state index in [1.165, 1.54) is 17.0 Å². The minimum Gasteiger partial charge on any atom is -0.325 e. The minimum absolute atomic E-state index is 0.0278. The fraction of sp³-hybridized carbons (Fsp3) is 0.409. The molecule has 0 N–H and O–H groups in total. The van der Waals surface area contributed by atoms with Gasteiger partial charge in [-0.15, -0.1) is 0 Å². The summed E-state index contributed by atoms with van der Waals surface area (Å²) in [5, 5.41) is -0.681. The average Bonchev–Trinajstić information content (AvgIpc) is 2.67. The molecule has 0 radical (unpaired) electrons. The van der Waals surface area contributed by atoms with Crippen LogP contribution in [0.2, 0.25) is 0 Å². The molecule has 2 aromatic carbocycles. The molecule has 3 rings (SSSR count). The van der Waals surface area contributed by atoms with Crippen molar-refractivity contribution < 1.29 is 17.6 Å². The Morgan fingerprint density at radius 3 is 2.25 bits per heavy atom. The van der Waals surface area contributed by atoms with Gasteiger partial charge in [0.05, 0.1) is 12.2 Å². The molecule has 0 saturated carbocycles. The van der Waals surface area contributed by atoms with E-state index < -0.39 is 15.2 Å². The molecule has 0 aromatic heterocycles. The molecule has 1 amide bonds. The number of sulfone groups is 1. The van der Waals surface area contributed by atoms with Gasteiger partial charge in [0.25, 0.3) is 0 Å². The first kappa shape index (κ1) is 20.5. The normalized spacial score (nSPS) is 16.8. The van der Waals surface area contributed by atoms with E-state index in [1.807, 2.05) is 18.2 Å². The number of hydrogen-bond donors (Lipinski definition) is 0. The molecule has 1 fully saturated rings. The number of halogens is 1. The Morgan fingerprint density at radius 1 is 0.893 bits per heavy atom. The first-order valence-corrected chi connectivity index (χ1v) is 11.5. The lowest BCUT2D eigenvalue weighted by Gasteiger charge is -2.39. The number of nitrogens with zero attached hydrogens (tertiary/aromatic N) is 1.